The lowest BCUT2D eigenvalue weighted by atomic mass is 9.99. The van der Waals surface area contributed by atoms with E-state index >= 15 is 0 Å². The van der Waals surface area contributed by atoms with Crippen LogP contribution in [0.25, 0.3) is 0 Å². The molecule has 25 heavy (non-hydrogen) atoms. The fraction of sp³-hybridized carbons (Fsp3) is 0.250. The summed E-state index contributed by atoms with van der Waals surface area (Å²) in [6.45, 7) is 1.96. The van der Waals surface area contributed by atoms with Crippen molar-refractivity contribution in [2.75, 3.05) is 11.9 Å². The van der Waals surface area contributed by atoms with Gasteiger partial charge in [0.15, 0.2) is 0 Å². The second kappa shape index (κ2) is 7.17. The van der Waals surface area contributed by atoms with E-state index in [0.717, 1.165) is 12.1 Å². The summed E-state index contributed by atoms with van der Waals surface area (Å²) in [5, 5.41) is 22.8. The SMILES string of the molecule is CC(CNc1nccc(C#N)c1[N+](=O)[O-])c1ccc(C(F)(F)F)cc1. The standard InChI is InChI=1S/C16H13F3N4O2/c1-10(11-2-4-13(5-3-11)16(17,18)19)9-22-15-14(23(24)25)12(8-20)6-7-21-15/h2-7,10H,9H2,1H3,(H,21,22). The molecule has 1 heterocycles. The third-order valence-corrected chi connectivity index (χ3v) is 3.61. The van der Waals surface area contributed by atoms with Crippen molar-refractivity contribution >= 4 is 11.5 Å². The summed E-state index contributed by atoms with van der Waals surface area (Å²) < 4.78 is 37.7. The molecule has 0 aliphatic rings. The Labute approximate surface area is 141 Å². The van der Waals surface area contributed by atoms with Crippen LogP contribution in [0.4, 0.5) is 24.7 Å². The van der Waals surface area contributed by atoms with Gasteiger partial charge in [-0.05, 0) is 29.7 Å². The number of nitro groups is 1. The van der Waals surface area contributed by atoms with E-state index in [1.165, 1.54) is 24.4 Å². The molecular formula is C16H13F3N4O2. The Bertz CT molecular complexity index is 814. The van der Waals surface area contributed by atoms with Crippen molar-refractivity contribution < 1.29 is 18.1 Å². The average molecular weight is 350 g/mol. The Morgan fingerprint density at radius 1 is 1.32 bits per heavy atom. The van der Waals surface area contributed by atoms with E-state index in [-0.39, 0.29) is 23.8 Å². The number of rotatable bonds is 5. The molecule has 1 unspecified atom stereocenters. The fourth-order valence-electron chi connectivity index (χ4n) is 2.23. The molecule has 6 nitrogen and oxygen atoms in total. The lowest BCUT2D eigenvalue weighted by Crippen LogP contribution is -2.13. The Kier molecular flexibility index (Phi) is 5.22. The van der Waals surface area contributed by atoms with Gasteiger partial charge in [-0.25, -0.2) is 4.98 Å². The zero-order valence-electron chi connectivity index (χ0n) is 13.0. The Morgan fingerprint density at radius 3 is 2.48 bits per heavy atom. The van der Waals surface area contributed by atoms with Crippen LogP contribution in [0.5, 0.6) is 0 Å². The molecule has 0 bridgehead atoms. The normalized spacial score (nSPS) is 12.3. The average Bonchev–Trinajstić information content (AvgIpc) is 2.58. The van der Waals surface area contributed by atoms with Crippen LogP contribution < -0.4 is 5.32 Å². The number of hydrogen-bond acceptors (Lipinski definition) is 5. The highest BCUT2D eigenvalue weighted by Crippen LogP contribution is 2.30. The zero-order chi connectivity index (χ0) is 18.6. The van der Waals surface area contributed by atoms with Crippen LogP contribution in [0.3, 0.4) is 0 Å². The topological polar surface area (TPSA) is 91.8 Å². The van der Waals surface area contributed by atoms with Crippen LogP contribution in [-0.4, -0.2) is 16.5 Å². The Hall–Kier alpha value is -3.15. The minimum atomic E-state index is -4.40. The summed E-state index contributed by atoms with van der Waals surface area (Å²) >= 11 is 0. The molecule has 0 amide bonds. The summed E-state index contributed by atoms with van der Waals surface area (Å²) in [7, 11) is 0. The monoisotopic (exact) mass is 350 g/mol. The summed E-state index contributed by atoms with van der Waals surface area (Å²) in [6, 6.07) is 7.67. The van der Waals surface area contributed by atoms with E-state index in [0.29, 0.717) is 5.56 Å². The van der Waals surface area contributed by atoms with Gasteiger partial charge in [0.05, 0.1) is 10.5 Å². The number of alkyl halides is 3. The third kappa shape index (κ3) is 4.23. The van der Waals surface area contributed by atoms with Gasteiger partial charge < -0.3 is 5.32 Å². The zero-order valence-corrected chi connectivity index (χ0v) is 13.0. The van der Waals surface area contributed by atoms with Crippen molar-refractivity contribution in [3.8, 4) is 6.07 Å². The maximum Gasteiger partial charge on any atom is 0.416 e. The first kappa shape index (κ1) is 18.2. The highest BCUT2D eigenvalue weighted by atomic mass is 19.4. The minimum Gasteiger partial charge on any atom is -0.364 e. The summed E-state index contributed by atoms with van der Waals surface area (Å²) in [4.78, 5) is 14.3. The lowest BCUT2D eigenvalue weighted by Gasteiger charge is -2.15. The third-order valence-electron chi connectivity index (χ3n) is 3.61. The van der Waals surface area contributed by atoms with Gasteiger partial charge in [-0.1, -0.05) is 19.1 Å². The van der Waals surface area contributed by atoms with E-state index < -0.39 is 22.4 Å². The summed E-state index contributed by atoms with van der Waals surface area (Å²) in [6.07, 6.45) is -3.13. The van der Waals surface area contributed by atoms with E-state index in [9.17, 15) is 23.3 Å². The molecule has 0 saturated heterocycles. The van der Waals surface area contributed by atoms with E-state index in [1.54, 1.807) is 13.0 Å². The Morgan fingerprint density at radius 2 is 1.96 bits per heavy atom. The molecule has 0 aliphatic heterocycles. The van der Waals surface area contributed by atoms with Crippen LogP contribution in [0.15, 0.2) is 36.5 Å². The molecule has 1 atom stereocenters. The van der Waals surface area contributed by atoms with Crippen molar-refractivity contribution in [2.45, 2.75) is 19.0 Å². The molecule has 0 spiro atoms. The molecular weight excluding hydrogens is 337 g/mol. The molecule has 0 aliphatic carbocycles. The van der Waals surface area contributed by atoms with Gasteiger partial charge in [0.1, 0.15) is 11.6 Å². The van der Waals surface area contributed by atoms with Gasteiger partial charge >= 0.3 is 11.9 Å². The number of nitrogens with zero attached hydrogens (tertiary/aromatic N) is 3. The quantitative estimate of drug-likeness (QED) is 0.647. The first-order valence-corrected chi connectivity index (χ1v) is 7.18. The number of nitriles is 1. The minimum absolute atomic E-state index is 0.0530. The van der Waals surface area contributed by atoms with E-state index in [4.69, 9.17) is 5.26 Å². The van der Waals surface area contributed by atoms with Crippen LogP contribution in [-0.2, 0) is 6.18 Å². The van der Waals surface area contributed by atoms with E-state index in [1.807, 2.05) is 0 Å². The number of aromatic nitrogens is 1. The predicted molar refractivity (Wildman–Crippen MR) is 84.0 cm³/mol. The fourth-order valence-corrected chi connectivity index (χ4v) is 2.23. The van der Waals surface area contributed by atoms with Crippen molar-refractivity contribution in [1.29, 1.82) is 5.26 Å². The van der Waals surface area contributed by atoms with Crippen molar-refractivity contribution in [1.82, 2.24) is 4.98 Å². The molecule has 1 aromatic carbocycles. The number of nitrogens with one attached hydrogen (secondary N) is 1. The van der Waals surface area contributed by atoms with Crippen LogP contribution in [0.2, 0.25) is 0 Å². The molecule has 1 N–H and O–H groups in total. The van der Waals surface area contributed by atoms with Crippen LogP contribution >= 0.6 is 0 Å². The molecule has 2 aromatic rings. The molecule has 1 aromatic heterocycles. The second-order valence-electron chi connectivity index (χ2n) is 5.33. The number of anilines is 1. The highest BCUT2D eigenvalue weighted by Gasteiger charge is 2.30. The second-order valence-corrected chi connectivity index (χ2v) is 5.33. The van der Waals surface area contributed by atoms with Crippen LogP contribution in [0, 0.1) is 21.4 Å². The molecule has 130 valence electrons. The van der Waals surface area contributed by atoms with Crippen LogP contribution in [0.1, 0.15) is 29.5 Å². The van der Waals surface area contributed by atoms with E-state index in [2.05, 4.69) is 10.3 Å². The molecule has 0 saturated carbocycles. The molecule has 0 fully saturated rings. The summed E-state index contributed by atoms with van der Waals surface area (Å²) in [5.41, 5.74) is -0.649. The summed E-state index contributed by atoms with van der Waals surface area (Å²) in [5.74, 6) is -0.280. The number of benzene rings is 1. The first-order valence-electron chi connectivity index (χ1n) is 7.18. The largest absolute Gasteiger partial charge is 0.416 e. The van der Waals surface area contributed by atoms with Crippen molar-refractivity contribution in [3.05, 3.63) is 63.3 Å². The first-order chi connectivity index (χ1) is 11.7. The van der Waals surface area contributed by atoms with Crippen molar-refractivity contribution in [2.24, 2.45) is 0 Å². The molecule has 0 radical (unpaired) electrons. The number of pyridine rings is 1. The van der Waals surface area contributed by atoms with Gasteiger partial charge in [0.25, 0.3) is 0 Å². The molecule has 9 heteroatoms. The van der Waals surface area contributed by atoms with Gasteiger partial charge in [-0.15, -0.1) is 0 Å². The highest BCUT2D eigenvalue weighted by molar-refractivity contribution is 5.64. The maximum atomic E-state index is 12.6. The molecule has 2 rings (SSSR count). The van der Waals surface area contributed by atoms with Gasteiger partial charge in [-0.2, -0.15) is 18.4 Å². The van der Waals surface area contributed by atoms with Gasteiger partial charge in [0.2, 0.25) is 5.82 Å². The predicted octanol–water partition coefficient (Wildman–Crippen LogP) is 4.10. The van der Waals surface area contributed by atoms with Gasteiger partial charge in [-0.3, -0.25) is 10.1 Å². The maximum absolute atomic E-state index is 12.6. The number of halogens is 3. The number of hydrogen-bond donors (Lipinski definition) is 1. The smallest absolute Gasteiger partial charge is 0.364 e. The van der Waals surface area contributed by atoms with Crippen molar-refractivity contribution in [3.63, 3.8) is 0 Å². The Balaban J connectivity index is 2.14. The lowest BCUT2D eigenvalue weighted by molar-refractivity contribution is -0.384. The van der Waals surface area contributed by atoms with Gasteiger partial charge in [0, 0.05) is 12.7 Å².